The minimum atomic E-state index is -1.20. The monoisotopic (exact) mass is 453 g/mol. The number of fused-ring (bicyclic) bond motifs is 1. The van der Waals surface area contributed by atoms with Crippen LogP contribution in [0.5, 0.6) is 0 Å². The van der Waals surface area contributed by atoms with Crippen molar-refractivity contribution in [3.8, 4) is 0 Å². The van der Waals surface area contributed by atoms with E-state index in [1.807, 2.05) is 0 Å². The smallest absolute Gasteiger partial charge is 0.167 e. The van der Waals surface area contributed by atoms with Crippen molar-refractivity contribution in [1.82, 2.24) is 19.5 Å². The molecule has 33 heavy (non-hydrogen) atoms. The Labute approximate surface area is 192 Å². The Bertz CT molecular complexity index is 1130. The standard InChI is InChI=1S/C24H31N5O4/c1-14-7-8-15(2)16(9-14)10-28(17-5-3-4-6-17)22-19-23(26-12-25-22)29(13-27-19)24-21(32)20(31)18(11-30)33-24/h7-9,12-13,17-18,20-21,24,30-32H,3-6,10-11H2,1-2H3/t18-,20-,21-,24-/m1/s1. The van der Waals surface area contributed by atoms with Crippen molar-refractivity contribution in [1.29, 1.82) is 0 Å². The van der Waals surface area contributed by atoms with Crippen molar-refractivity contribution >= 4 is 17.0 Å². The maximum atomic E-state index is 10.5. The SMILES string of the molecule is Cc1ccc(C)c(CN(c2ncnc3c2ncn3[C@@H]2O[C@H](CO)[C@@H](O)[C@H]2O)C2CCCC2)c1. The van der Waals surface area contributed by atoms with E-state index in [2.05, 4.69) is 51.9 Å². The minimum Gasteiger partial charge on any atom is -0.394 e. The van der Waals surface area contributed by atoms with Crippen molar-refractivity contribution in [2.24, 2.45) is 0 Å². The summed E-state index contributed by atoms with van der Waals surface area (Å²) in [5, 5.41) is 30.1. The summed E-state index contributed by atoms with van der Waals surface area (Å²) in [5.41, 5.74) is 4.89. The fourth-order valence-corrected chi connectivity index (χ4v) is 5.09. The summed E-state index contributed by atoms with van der Waals surface area (Å²) in [4.78, 5) is 16.0. The van der Waals surface area contributed by atoms with Crippen LogP contribution < -0.4 is 4.90 Å². The number of benzene rings is 1. The van der Waals surface area contributed by atoms with Gasteiger partial charge in [0.15, 0.2) is 23.2 Å². The van der Waals surface area contributed by atoms with Gasteiger partial charge in [-0.25, -0.2) is 15.0 Å². The van der Waals surface area contributed by atoms with E-state index in [1.165, 1.54) is 35.9 Å². The molecule has 5 rings (SSSR count). The van der Waals surface area contributed by atoms with E-state index in [-0.39, 0.29) is 6.61 Å². The van der Waals surface area contributed by atoms with E-state index >= 15 is 0 Å². The Morgan fingerprint density at radius 2 is 1.88 bits per heavy atom. The third-order valence-corrected chi connectivity index (χ3v) is 7.01. The summed E-state index contributed by atoms with van der Waals surface area (Å²) >= 11 is 0. The van der Waals surface area contributed by atoms with Gasteiger partial charge in [-0.1, -0.05) is 36.6 Å². The van der Waals surface area contributed by atoms with E-state index in [0.717, 1.165) is 25.2 Å². The molecule has 1 saturated heterocycles. The van der Waals surface area contributed by atoms with Gasteiger partial charge in [-0.2, -0.15) is 0 Å². The molecule has 3 N–H and O–H groups in total. The topological polar surface area (TPSA) is 117 Å². The first kappa shape index (κ1) is 22.2. The van der Waals surface area contributed by atoms with E-state index in [1.54, 1.807) is 10.9 Å². The highest BCUT2D eigenvalue weighted by molar-refractivity contribution is 5.83. The summed E-state index contributed by atoms with van der Waals surface area (Å²) in [7, 11) is 0. The Hall–Kier alpha value is -2.59. The molecule has 9 heteroatoms. The van der Waals surface area contributed by atoms with Crippen molar-refractivity contribution in [3.05, 3.63) is 47.5 Å². The van der Waals surface area contributed by atoms with E-state index in [4.69, 9.17) is 4.74 Å². The lowest BCUT2D eigenvalue weighted by molar-refractivity contribution is -0.0511. The molecule has 3 heterocycles. The predicted molar refractivity (Wildman–Crippen MR) is 123 cm³/mol. The second-order valence-corrected chi connectivity index (χ2v) is 9.25. The van der Waals surface area contributed by atoms with Crippen molar-refractivity contribution in [2.45, 2.75) is 76.7 Å². The minimum absolute atomic E-state index is 0.363. The van der Waals surface area contributed by atoms with Gasteiger partial charge < -0.3 is 25.0 Å². The number of imidazole rings is 1. The number of ether oxygens (including phenoxy) is 1. The van der Waals surface area contributed by atoms with Crippen LogP contribution in [0.4, 0.5) is 5.82 Å². The van der Waals surface area contributed by atoms with Crippen molar-refractivity contribution in [3.63, 3.8) is 0 Å². The van der Waals surface area contributed by atoms with Crippen LogP contribution in [0.2, 0.25) is 0 Å². The number of aliphatic hydroxyl groups excluding tert-OH is 3. The van der Waals surface area contributed by atoms with Crippen LogP contribution in [-0.4, -0.2) is 65.8 Å². The molecule has 0 bridgehead atoms. The molecular weight excluding hydrogens is 422 g/mol. The molecule has 0 amide bonds. The van der Waals surface area contributed by atoms with Gasteiger partial charge in [-0.3, -0.25) is 4.57 Å². The lowest BCUT2D eigenvalue weighted by Gasteiger charge is -2.31. The van der Waals surface area contributed by atoms with Gasteiger partial charge in [0.25, 0.3) is 0 Å². The van der Waals surface area contributed by atoms with E-state index < -0.39 is 24.5 Å². The largest absolute Gasteiger partial charge is 0.394 e. The van der Waals surface area contributed by atoms with Gasteiger partial charge >= 0.3 is 0 Å². The normalized spacial score (nSPS) is 25.8. The molecule has 9 nitrogen and oxygen atoms in total. The number of anilines is 1. The Balaban J connectivity index is 1.55. The molecule has 0 radical (unpaired) electrons. The molecule has 1 aliphatic carbocycles. The van der Waals surface area contributed by atoms with Gasteiger partial charge in [0.2, 0.25) is 0 Å². The van der Waals surface area contributed by atoms with Crippen molar-refractivity contribution in [2.75, 3.05) is 11.5 Å². The zero-order valence-corrected chi connectivity index (χ0v) is 19.0. The first-order chi connectivity index (χ1) is 16.0. The molecule has 1 aromatic carbocycles. The summed E-state index contributed by atoms with van der Waals surface area (Å²) in [6, 6.07) is 6.88. The first-order valence-electron chi connectivity index (χ1n) is 11.6. The average molecular weight is 454 g/mol. The quantitative estimate of drug-likeness (QED) is 0.519. The molecule has 0 spiro atoms. The van der Waals surface area contributed by atoms with Crippen molar-refractivity contribution < 1.29 is 20.1 Å². The summed E-state index contributed by atoms with van der Waals surface area (Å²) in [5.74, 6) is 0.762. The highest BCUT2D eigenvalue weighted by Gasteiger charge is 2.44. The molecule has 4 atom stereocenters. The van der Waals surface area contributed by atoms with Gasteiger partial charge in [0.05, 0.1) is 12.9 Å². The van der Waals surface area contributed by atoms with Crippen LogP contribution >= 0.6 is 0 Å². The maximum absolute atomic E-state index is 10.5. The second kappa shape index (κ2) is 8.98. The Morgan fingerprint density at radius 1 is 1.09 bits per heavy atom. The Morgan fingerprint density at radius 3 is 2.61 bits per heavy atom. The zero-order chi connectivity index (χ0) is 23.1. The number of rotatable bonds is 6. The summed E-state index contributed by atoms with van der Waals surface area (Å²) in [6.45, 7) is 4.58. The molecule has 1 saturated carbocycles. The lowest BCUT2D eigenvalue weighted by Crippen LogP contribution is -2.34. The van der Waals surface area contributed by atoms with Crippen LogP contribution in [0.1, 0.15) is 48.6 Å². The molecule has 2 fully saturated rings. The highest BCUT2D eigenvalue weighted by atomic mass is 16.6. The number of aromatic nitrogens is 4. The zero-order valence-electron chi connectivity index (χ0n) is 19.0. The number of nitrogens with zero attached hydrogens (tertiary/aromatic N) is 5. The molecule has 3 aromatic rings. The number of hydrogen-bond acceptors (Lipinski definition) is 8. The second-order valence-electron chi connectivity index (χ2n) is 9.25. The fraction of sp³-hybridized carbons (Fsp3) is 0.542. The number of aryl methyl sites for hydroxylation is 2. The highest BCUT2D eigenvalue weighted by Crippen LogP contribution is 2.35. The van der Waals surface area contributed by atoms with Gasteiger partial charge in [0.1, 0.15) is 24.6 Å². The third kappa shape index (κ3) is 3.99. The maximum Gasteiger partial charge on any atom is 0.167 e. The summed E-state index contributed by atoms with van der Waals surface area (Å²) in [6.07, 6.45) is 3.55. The first-order valence-corrected chi connectivity index (χ1v) is 11.6. The molecule has 2 aromatic heterocycles. The van der Waals surface area contributed by atoms with Crippen LogP contribution in [0.3, 0.4) is 0 Å². The van der Waals surface area contributed by atoms with E-state index in [9.17, 15) is 15.3 Å². The number of hydrogen-bond donors (Lipinski definition) is 3. The van der Waals surface area contributed by atoms with Gasteiger partial charge in [-0.05, 0) is 37.8 Å². The average Bonchev–Trinajstić information content (AvgIpc) is 3.55. The van der Waals surface area contributed by atoms with Gasteiger partial charge in [0, 0.05) is 12.6 Å². The number of aliphatic hydroxyl groups is 3. The molecule has 2 aliphatic rings. The van der Waals surface area contributed by atoms with Gasteiger partial charge in [-0.15, -0.1) is 0 Å². The molecule has 176 valence electrons. The van der Waals surface area contributed by atoms with Crippen LogP contribution in [0.15, 0.2) is 30.9 Å². The predicted octanol–water partition coefficient (Wildman–Crippen LogP) is 2.00. The molecular formula is C24H31N5O4. The lowest BCUT2D eigenvalue weighted by atomic mass is 10.0. The van der Waals surface area contributed by atoms with Crippen LogP contribution in [0, 0.1) is 13.8 Å². The summed E-state index contributed by atoms with van der Waals surface area (Å²) < 4.78 is 7.33. The van der Waals surface area contributed by atoms with Crippen LogP contribution in [-0.2, 0) is 11.3 Å². The Kier molecular flexibility index (Phi) is 6.05. The van der Waals surface area contributed by atoms with E-state index in [0.29, 0.717) is 17.2 Å². The fourth-order valence-electron chi connectivity index (χ4n) is 5.09. The third-order valence-electron chi connectivity index (χ3n) is 7.01. The van der Waals surface area contributed by atoms with Crippen LogP contribution in [0.25, 0.3) is 11.2 Å². The molecule has 1 aliphatic heterocycles. The molecule has 0 unspecified atom stereocenters.